The van der Waals surface area contributed by atoms with Crippen molar-refractivity contribution < 1.29 is 4.39 Å². The second kappa shape index (κ2) is 3.23. The fourth-order valence-electron chi connectivity index (χ4n) is 1.51. The van der Waals surface area contributed by atoms with Gasteiger partial charge in [0.2, 0.25) is 0 Å². The van der Waals surface area contributed by atoms with E-state index in [1.54, 1.807) is 13.8 Å². The summed E-state index contributed by atoms with van der Waals surface area (Å²) in [6, 6.07) is 1.84. The Morgan fingerprint density at radius 1 is 1.25 bits per heavy atom. The predicted molar refractivity (Wildman–Crippen MR) is 48.5 cm³/mol. The van der Waals surface area contributed by atoms with Gasteiger partial charge in [0, 0.05) is 6.54 Å². The lowest BCUT2D eigenvalue weighted by Gasteiger charge is -2.10. The topological polar surface area (TPSA) is 26.0 Å². The van der Waals surface area contributed by atoms with E-state index >= 15 is 0 Å². The fraction of sp³-hybridized carbons (Fsp3) is 0.400. The molecule has 0 spiro atoms. The molecule has 1 rings (SSSR count). The summed E-state index contributed by atoms with van der Waals surface area (Å²) in [4.78, 5) is 0. The molecular weight excluding hydrogens is 153 g/mol. The van der Waals surface area contributed by atoms with Crippen LogP contribution in [-0.2, 0) is 6.54 Å². The smallest absolute Gasteiger partial charge is 0.129 e. The second-order valence-corrected chi connectivity index (χ2v) is 3.13. The van der Waals surface area contributed by atoms with Gasteiger partial charge in [-0.3, -0.25) is 0 Å². The van der Waals surface area contributed by atoms with Crippen LogP contribution in [0.5, 0.6) is 0 Å². The maximum Gasteiger partial charge on any atom is 0.129 e. The molecule has 0 atom stereocenters. The third-order valence-corrected chi connectivity index (χ3v) is 2.24. The number of benzene rings is 1. The third kappa shape index (κ3) is 1.34. The number of halogens is 1. The Kier molecular flexibility index (Phi) is 2.48. The van der Waals surface area contributed by atoms with Crippen molar-refractivity contribution in [2.75, 3.05) is 0 Å². The van der Waals surface area contributed by atoms with Crippen LogP contribution in [0.15, 0.2) is 6.07 Å². The molecule has 0 fully saturated rings. The zero-order valence-electron chi connectivity index (χ0n) is 7.74. The zero-order chi connectivity index (χ0) is 9.30. The Balaban J connectivity index is 3.40. The molecule has 0 unspecified atom stereocenters. The summed E-state index contributed by atoms with van der Waals surface area (Å²) in [7, 11) is 0. The average Bonchev–Trinajstić information content (AvgIpc) is 2.01. The Morgan fingerprint density at radius 2 is 1.83 bits per heavy atom. The first-order valence-corrected chi connectivity index (χ1v) is 4.03. The highest BCUT2D eigenvalue weighted by Gasteiger charge is 2.08. The summed E-state index contributed by atoms with van der Waals surface area (Å²) in [5, 5.41) is 0. The van der Waals surface area contributed by atoms with Crippen molar-refractivity contribution in [3.63, 3.8) is 0 Å². The van der Waals surface area contributed by atoms with E-state index < -0.39 is 0 Å². The molecule has 12 heavy (non-hydrogen) atoms. The van der Waals surface area contributed by atoms with Crippen molar-refractivity contribution in [1.82, 2.24) is 0 Å². The van der Waals surface area contributed by atoms with Crippen LogP contribution in [0.25, 0.3) is 0 Å². The van der Waals surface area contributed by atoms with E-state index in [1.807, 2.05) is 13.0 Å². The molecule has 0 aliphatic carbocycles. The molecule has 2 N–H and O–H groups in total. The summed E-state index contributed by atoms with van der Waals surface area (Å²) in [5.41, 5.74) is 8.90. The van der Waals surface area contributed by atoms with Crippen LogP contribution in [0.1, 0.15) is 22.3 Å². The largest absolute Gasteiger partial charge is 0.326 e. The van der Waals surface area contributed by atoms with Crippen LogP contribution < -0.4 is 5.73 Å². The highest BCUT2D eigenvalue weighted by atomic mass is 19.1. The molecule has 0 aliphatic rings. The molecule has 0 aromatic heterocycles. The van der Waals surface area contributed by atoms with E-state index in [1.165, 1.54) is 0 Å². The van der Waals surface area contributed by atoms with Gasteiger partial charge < -0.3 is 5.73 Å². The van der Waals surface area contributed by atoms with Crippen LogP contribution in [-0.4, -0.2) is 0 Å². The highest BCUT2D eigenvalue weighted by molar-refractivity contribution is 5.38. The van der Waals surface area contributed by atoms with Gasteiger partial charge in [0.1, 0.15) is 5.82 Å². The van der Waals surface area contributed by atoms with Crippen LogP contribution in [0.2, 0.25) is 0 Å². The Hall–Kier alpha value is -0.890. The molecule has 0 aliphatic heterocycles. The average molecular weight is 167 g/mol. The molecule has 2 heteroatoms. The minimum atomic E-state index is -0.124. The number of hydrogen-bond donors (Lipinski definition) is 1. The van der Waals surface area contributed by atoms with Gasteiger partial charge >= 0.3 is 0 Å². The molecular formula is C10H14FN. The van der Waals surface area contributed by atoms with Crippen molar-refractivity contribution in [3.8, 4) is 0 Å². The first-order valence-electron chi connectivity index (χ1n) is 4.03. The van der Waals surface area contributed by atoms with Crippen LogP contribution >= 0.6 is 0 Å². The Labute approximate surface area is 72.4 Å². The molecule has 0 amide bonds. The first-order chi connectivity index (χ1) is 5.57. The van der Waals surface area contributed by atoms with Gasteiger partial charge in [-0.25, -0.2) is 4.39 Å². The Morgan fingerprint density at radius 3 is 2.33 bits per heavy atom. The van der Waals surface area contributed by atoms with Gasteiger partial charge in [-0.1, -0.05) is 6.07 Å². The van der Waals surface area contributed by atoms with E-state index in [2.05, 4.69) is 0 Å². The summed E-state index contributed by atoms with van der Waals surface area (Å²) in [6.07, 6.45) is 0. The quantitative estimate of drug-likeness (QED) is 0.681. The van der Waals surface area contributed by atoms with Gasteiger partial charge in [0.05, 0.1) is 0 Å². The second-order valence-electron chi connectivity index (χ2n) is 3.13. The van der Waals surface area contributed by atoms with Gasteiger partial charge in [-0.15, -0.1) is 0 Å². The summed E-state index contributed by atoms with van der Waals surface area (Å²) in [6.45, 7) is 5.92. The number of rotatable bonds is 1. The SMILES string of the molecule is Cc1cc(C)c(CN)c(C)c1F. The first kappa shape index (κ1) is 9.20. The van der Waals surface area contributed by atoms with Crippen LogP contribution in [0.4, 0.5) is 4.39 Å². The molecule has 0 bridgehead atoms. The number of aryl methyl sites for hydroxylation is 2. The van der Waals surface area contributed by atoms with Crippen molar-refractivity contribution in [1.29, 1.82) is 0 Å². The van der Waals surface area contributed by atoms with E-state index in [0.29, 0.717) is 17.7 Å². The van der Waals surface area contributed by atoms with Crippen molar-refractivity contribution in [3.05, 3.63) is 34.1 Å². The third-order valence-electron chi connectivity index (χ3n) is 2.24. The molecule has 1 nitrogen and oxygen atoms in total. The van der Waals surface area contributed by atoms with E-state index in [9.17, 15) is 4.39 Å². The van der Waals surface area contributed by atoms with Crippen molar-refractivity contribution in [2.45, 2.75) is 27.3 Å². The van der Waals surface area contributed by atoms with Crippen LogP contribution in [0, 0.1) is 26.6 Å². The van der Waals surface area contributed by atoms with Gasteiger partial charge in [-0.2, -0.15) is 0 Å². The Bertz CT molecular complexity index is 305. The lowest BCUT2D eigenvalue weighted by Crippen LogP contribution is -2.05. The molecule has 66 valence electrons. The maximum atomic E-state index is 13.3. The summed E-state index contributed by atoms with van der Waals surface area (Å²) in [5.74, 6) is -0.124. The zero-order valence-corrected chi connectivity index (χ0v) is 7.74. The standard InChI is InChI=1S/C10H14FN/c1-6-4-7(2)10(11)8(3)9(6)5-12/h4H,5,12H2,1-3H3. The van der Waals surface area contributed by atoms with Gasteiger partial charge in [0.15, 0.2) is 0 Å². The van der Waals surface area contributed by atoms with E-state index in [0.717, 1.165) is 11.1 Å². The monoisotopic (exact) mass is 167 g/mol. The summed E-state index contributed by atoms with van der Waals surface area (Å²) >= 11 is 0. The maximum absolute atomic E-state index is 13.3. The van der Waals surface area contributed by atoms with E-state index in [-0.39, 0.29) is 5.82 Å². The van der Waals surface area contributed by atoms with Crippen LogP contribution in [0.3, 0.4) is 0 Å². The molecule has 1 aromatic carbocycles. The normalized spacial score (nSPS) is 10.4. The van der Waals surface area contributed by atoms with Crippen molar-refractivity contribution >= 4 is 0 Å². The van der Waals surface area contributed by atoms with Crippen molar-refractivity contribution in [2.24, 2.45) is 5.73 Å². The lowest BCUT2D eigenvalue weighted by atomic mass is 9.99. The predicted octanol–water partition coefficient (Wildman–Crippen LogP) is 2.21. The van der Waals surface area contributed by atoms with Gasteiger partial charge in [0.25, 0.3) is 0 Å². The van der Waals surface area contributed by atoms with E-state index in [4.69, 9.17) is 5.73 Å². The van der Waals surface area contributed by atoms with Gasteiger partial charge in [-0.05, 0) is 43.0 Å². The molecule has 1 aromatic rings. The summed E-state index contributed by atoms with van der Waals surface area (Å²) < 4.78 is 13.3. The minimum absolute atomic E-state index is 0.124. The fourth-order valence-corrected chi connectivity index (χ4v) is 1.51. The number of nitrogens with two attached hydrogens (primary N) is 1. The molecule has 0 radical (unpaired) electrons. The molecule has 0 saturated carbocycles. The lowest BCUT2D eigenvalue weighted by molar-refractivity contribution is 0.605. The number of hydrogen-bond acceptors (Lipinski definition) is 1. The molecule has 0 heterocycles. The molecule has 0 saturated heterocycles. The highest BCUT2D eigenvalue weighted by Crippen LogP contribution is 2.19. The minimum Gasteiger partial charge on any atom is -0.326 e.